The topological polar surface area (TPSA) is 41.1 Å². The molecule has 1 amide bonds. The quantitative estimate of drug-likeness (QED) is 0.771. The van der Waals surface area contributed by atoms with Gasteiger partial charge in [0.1, 0.15) is 0 Å². The van der Waals surface area contributed by atoms with Gasteiger partial charge in [-0.1, -0.05) is 13.8 Å². The van der Waals surface area contributed by atoms with Crippen LogP contribution in [0.1, 0.15) is 58.8 Å². The summed E-state index contributed by atoms with van der Waals surface area (Å²) in [5, 5.41) is 6.55. The molecular weight excluding hydrogens is 212 g/mol. The molecule has 0 spiro atoms. The molecule has 0 radical (unpaired) electrons. The fourth-order valence-corrected chi connectivity index (χ4v) is 2.52. The molecule has 3 nitrogen and oxygen atoms in total. The molecule has 2 aliphatic carbocycles. The van der Waals surface area contributed by atoms with Crippen LogP contribution < -0.4 is 10.6 Å². The van der Waals surface area contributed by atoms with Gasteiger partial charge in [0.15, 0.2) is 0 Å². The predicted molar refractivity (Wildman–Crippen MR) is 69.8 cm³/mol. The second kappa shape index (κ2) is 5.38. The number of hydrogen-bond donors (Lipinski definition) is 2. The number of hydrogen-bond acceptors (Lipinski definition) is 2. The summed E-state index contributed by atoms with van der Waals surface area (Å²) in [6, 6.07) is 1.13. The number of nitrogens with one attached hydrogen (secondary N) is 2. The van der Waals surface area contributed by atoms with Crippen LogP contribution in [-0.2, 0) is 4.79 Å². The minimum Gasteiger partial charge on any atom is -0.353 e. The van der Waals surface area contributed by atoms with Crippen LogP contribution in [0.3, 0.4) is 0 Å². The van der Waals surface area contributed by atoms with E-state index in [-0.39, 0.29) is 5.91 Å². The standard InChI is InChI=1S/C14H26N2O/c1-14(2)8-5-12(6-9-14)16-13(17)7-10-15-11-3-4-11/h11-12,15H,3-10H2,1-2H3,(H,16,17). The van der Waals surface area contributed by atoms with Gasteiger partial charge in [-0.25, -0.2) is 0 Å². The molecule has 0 aromatic carbocycles. The van der Waals surface area contributed by atoms with Gasteiger partial charge in [0.2, 0.25) is 5.91 Å². The molecule has 0 atom stereocenters. The van der Waals surface area contributed by atoms with Crippen LogP contribution in [-0.4, -0.2) is 24.5 Å². The van der Waals surface area contributed by atoms with E-state index in [1.165, 1.54) is 25.7 Å². The summed E-state index contributed by atoms with van der Waals surface area (Å²) < 4.78 is 0. The van der Waals surface area contributed by atoms with E-state index in [4.69, 9.17) is 0 Å². The van der Waals surface area contributed by atoms with Crippen LogP contribution in [0.2, 0.25) is 0 Å². The zero-order chi connectivity index (χ0) is 12.3. The first-order valence-electron chi connectivity index (χ1n) is 7.08. The Morgan fingerprint density at radius 3 is 2.35 bits per heavy atom. The van der Waals surface area contributed by atoms with Crippen molar-refractivity contribution in [3.63, 3.8) is 0 Å². The van der Waals surface area contributed by atoms with Crippen molar-refractivity contribution in [2.24, 2.45) is 5.41 Å². The minimum absolute atomic E-state index is 0.225. The van der Waals surface area contributed by atoms with Crippen molar-refractivity contribution in [2.45, 2.75) is 70.9 Å². The van der Waals surface area contributed by atoms with Crippen molar-refractivity contribution in [1.29, 1.82) is 0 Å². The summed E-state index contributed by atoms with van der Waals surface area (Å²) >= 11 is 0. The number of carbonyl (C=O) groups excluding carboxylic acids is 1. The maximum atomic E-state index is 11.7. The van der Waals surface area contributed by atoms with E-state index in [1.54, 1.807) is 0 Å². The summed E-state index contributed by atoms with van der Waals surface area (Å²) in [5.74, 6) is 0.225. The van der Waals surface area contributed by atoms with Gasteiger partial charge in [-0.15, -0.1) is 0 Å². The number of rotatable bonds is 5. The third-order valence-corrected chi connectivity index (χ3v) is 4.07. The van der Waals surface area contributed by atoms with Gasteiger partial charge in [0, 0.05) is 25.0 Å². The first-order chi connectivity index (χ1) is 8.05. The van der Waals surface area contributed by atoms with Crippen molar-refractivity contribution >= 4 is 5.91 Å². The Morgan fingerprint density at radius 2 is 1.76 bits per heavy atom. The smallest absolute Gasteiger partial charge is 0.221 e. The van der Waals surface area contributed by atoms with E-state index in [1.807, 2.05) is 0 Å². The maximum absolute atomic E-state index is 11.7. The van der Waals surface area contributed by atoms with Gasteiger partial charge in [0.25, 0.3) is 0 Å². The molecule has 0 unspecified atom stereocenters. The Balaban J connectivity index is 1.58. The van der Waals surface area contributed by atoms with Gasteiger partial charge in [-0.05, 0) is 43.9 Å². The van der Waals surface area contributed by atoms with Crippen molar-refractivity contribution in [1.82, 2.24) is 10.6 Å². The molecule has 2 fully saturated rings. The van der Waals surface area contributed by atoms with Crippen molar-refractivity contribution in [3.8, 4) is 0 Å². The molecule has 0 bridgehead atoms. The summed E-state index contributed by atoms with van der Waals surface area (Å²) in [6.45, 7) is 5.49. The van der Waals surface area contributed by atoms with Crippen LogP contribution in [0, 0.1) is 5.41 Å². The molecule has 2 aliphatic rings. The minimum atomic E-state index is 0.225. The molecule has 0 saturated heterocycles. The number of amides is 1. The molecule has 0 aromatic heterocycles. The van der Waals surface area contributed by atoms with Gasteiger partial charge in [-0.3, -0.25) is 4.79 Å². The SMILES string of the molecule is CC1(C)CCC(NC(=O)CCNC2CC2)CC1. The highest BCUT2D eigenvalue weighted by Gasteiger charge is 2.27. The van der Waals surface area contributed by atoms with Crippen LogP contribution in [0.25, 0.3) is 0 Å². The molecule has 0 aliphatic heterocycles. The van der Waals surface area contributed by atoms with Crippen LogP contribution in [0.5, 0.6) is 0 Å². The molecule has 2 saturated carbocycles. The monoisotopic (exact) mass is 238 g/mol. The second-order valence-electron chi connectivity index (χ2n) is 6.48. The van der Waals surface area contributed by atoms with Gasteiger partial charge >= 0.3 is 0 Å². The van der Waals surface area contributed by atoms with Crippen molar-refractivity contribution < 1.29 is 4.79 Å². The maximum Gasteiger partial charge on any atom is 0.221 e. The normalized spacial score (nSPS) is 24.6. The van der Waals surface area contributed by atoms with Gasteiger partial charge in [0.05, 0.1) is 0 Å². The van der Waals surface area contributed by atoms with Crippen molar-refractivity contribution in [3.05, 3.63) is 0 Å². The Bertz CT molecular complexity index is 261. The van der Waals surface area contributed by atoms with E-state index in [0.29, 0.717) is 23.9 Å². The Morgan fingerprint density at radius 1 is 1.12 bits per heavy atom. The lowest BCUT2D eigenvalue weighted by Crippen LogP contribution is -2.40. The molecule has 17 heavy (non-hydrogen) atoms. The lowest BCUT2D eigenvalue weighted by Gasteiger charge is -2.34. The number of carbonyl (C=O) groups is 1. The van der Waals surface area contributed by atoms with Gasteiger partial charge < -0.3 is 10.6 Å². The van der Waals surface area contributed by atoms with E-state index < -0.39 is 0 Å². The first kappa shape index (κ1) is 12.9. The molecule has 2 rings (SSSR count). The summed E-state index contributed by atoms with van der Waals surface area (Å²) in [7, 11) is 0. The average molecular weight is 238 g/mol. The zero-order valence-corrected chi connectivity index (χ0v) is 11.2. The average Bonchev–Trinajstić information content (AvgIpc) is 3.05. The van der Waals surface area contributed by atoms with Crippen LogP contribution in [0.4, 0.5) is 0 Å². The molecule has 2 N–H and O–H groups in total. The lowest BCUT2D eigenvalue weighted by molar-refractivity contribution is -0.122. The second-order valence-corrected chi connectivity index (χ2v) is 6.48. The van der Waals surface area contributed by atoms with Crippen LogP contribution >= 0.6 is 0 Å². The largest absolute Gasteiger partial charge is 0.353 e. The highest BCUT2D eigenvalue weighted by atomic mass is 16.1. The zero-order valence-electron chi connectivity index (χ0n) is 11.2. The summed E-state index contributed by atoms with van der Waals surface area (Å²) in [6.07, 6.45) is 7.98. The summed E-state index contributed by atoms with van der Waals surface area (Å²) in [4.78, 5) is 11.7. The predicted octanol–water partition coefficient (Wildman–Crippen LogP) is 2.21. The van der Waals surface area contributed by atoms with E-state index in [2.05, 4.69) is 24.5 Å². The third-order valence-electron chi connectivity index (χ3n) is 4.07. The molecule has 98 valence electrons. The van der Waals surface area contributed by atoms with E-state index >= 15 is 0 Å². The highest BCUT2D eigenvalue weighted by Crippen LogP contribution is 2.34. The van der Waals surface area contributed by atoms with Crippen molar-refractivity contribution in [2.75, 3.05) is 6.54 Å². The van der Waals surface area contributed by atoms with E-state index in [0.717, 1.165) is 19.4 Å². The Labute approximate surface area is 105 Å². The highest BCUT2D eigenvalue weighted by molar-refractivity contribution is 5.76. The molecule has 0 heterocycles. The molecule has 3 heteroatoms. The first-order valence-corrected chi connectivity index (χ1v) is 7.08. The summed E-state index contributed by atoms with van der Waals surface area (Å²) in [5.41, 5.74) is 0.481. The fraction of sp³-hybridized carbons (Fsp3) is 0.929. The Kier molecular flexibility index (Phi) is 4.08. The van der Waals surface area contributed by atoms with Crippen LogP contribution in [0.15, 0.2) is 0 Å². The third kappa shape index (κ3) is 4.66. The lowest BCUT2D eigenvalue weighted by atomic mass is 9.75. The molecule has 0 aromatic rings. The van der Waals surface area contributed by atoms with E-state index in [9.17, 15) is 4.79 Å². The molecular formula is C14H26N2O. The van der Waals surface area contributed by atoms with Gasteiger partial charge in [-0.2, -0.15) is 0 Å². The Hall–Kier alpha value is -0.570. The fourth-order valence-electron chi connectivity index (χ4n) is 2.52.